The Bertz CT molecular complexity index is 5400. The molecule has 3 aromatic carbocycles. The number of nitrogens with one attached hydrogen (secondary N) is 18. The van der Waals surface area contributed by atoms with Gasteiger partial charge in [-0.3, -0.25) is 117 Å². The van der Waals surface area contributed by atoms with Crippen LogP contribution >= 0.6 is 0 Å². The first-order valence-corrected chi connectivity index (χ1v) is 51.4. The van der Waals surface area contributed by atoms with Crippen molar-refractivity contribution < 1.29 is 111 Å². The highest BCUT2D eigenvalue weighted by Crippen LogP contribution is 2.25. The number of aliphatic hydroxyl groups is 1. The number of carbonyl (C=O) groups is 20. The molecule has 0 unspecified atom stereocenters. The predicted octanol–water partition coefficient (Wildman–Crippen LogP) is 0.518. The lowest BCUT2D eigenvalue weighted by Gasteiger charge is -2.33. The minimum atomic E-state index is -2.15. The topological polar surface area (TPSA) is 674 Å². The number of phenols is 1. The number of hydrogen-bond donors (Lipinski definition) is 23. The summed E-state index contributed by atoms with van der Waals surface area (Å²) in [5.41, 5.74) is 20.7. The van der Waals surface area contributed by atoms with Gasteiger partial charge in [0.15, 0.2) is 34.7 Å². The van der Waals surface area contributed by atoms with Gasteiger partial charge >= 0.3 is 5.97 Å². The van der Waals surface area contributed by atoms with Crippen molar-refractivity contribution in [3.8, 4) is 29.4 Å². The number of aromatic amines is 1. The lowest BCUT2D eigenvalue weighted by atomic mass is 9.85. The van der Waals surface area contributed by atoms with E-state index in [-0.39, 0.29) is 201 Å². The molecule has 5 rings (SSSR count). The zero-order valence-corrected chi connectivity index (χ0v) is 88.9. The molecule has 0 saturated heterocycles. The number of aliphatic hydroxyl groups excluding tert-OH is 1. The summed E-state index contributed by atoms with van der Waals surface area (Å²) >= 11 is 0. The number of nitrogens with two attached hydrogens (primary N) is 2. The Hall–Kier alpha value is -12.6. The summed E-state index contributed by atoms with van der Waals surface area (Å²) < 4.78 is 0. The third-order valence-corrected chi connectivity index (χ3v) is 26.1. The van der Waals surface area contributed by atoms with E-state index in [2.05, 4.69) is 119 Å². The van der Waals surface area contributed by atoms with Gasteiger partial charge in [0.25, 0.3) is 0 Å². The van der Waals surface area contributed by atoms with Crippen LogP contribution < -0.4 is 102 Å². The molecule has 43 heteroatoms. The SMILES string of the molecule is CC(=O)N[C@@H](CC(C)C)C(=O)N[C@H](C(=O)C(=O)[C@H](Cc1ccccc1)NN[C@]1(C)CCCCC#CC#CCCC[C@@](C)(C(=O)CN[C@@H](C)C(=O)CCN[C@@H](C)C(=O)CCN[C@@H](C)C(=O)CCN[C@@H](C)C(=O)CCC(=O)[C@H](C)NCN[C@H](C)C(N)=O)NC(=O)[C@H](CC(C)C)NC(=O)[C@H](CCC(N)=O)NCN[C@@H](C)C(=O)CC(=O)[C@H](Cc2c[nH]c3ccccc23)NN[C@@H](Cc2ccc(O)cc2)C(=O)N[C@@H](CCC(=O)O)C(=O)C1=O)[C@@H](C)O. The second-order valence-electron chi connectivity index (χ2n) is 39.9. The maximum atomic E-state index is 15.6. The van der Waals surface area contributed by atoms with Gasteiger partial charge in [-0.05, 0) is 198 Å². The molecule has 25 N–H and O–H groups in total. The summed E-state index contributed by atoms with van der Waals surface area (Å²) in [7, 11) is 0. The first kappa shape index (κ1) is 128. The number of ketones is 12. The zero-order chi connectivity index (χ0) is 112. The molecule has 0 fully saturated rings. The number of aliphatic carboxylic acids is 1. The number of fused-ring (bicyclic) bond motifs is 1. The molecule has 1 aromatic heterocycles. The summed E-state index contributed by atoms with van der Waals surface area (Å²) in [6.07, 6.45) is -3.27. The van der Waals surface area contributed by atoms with Crippen LogP contribution in [0.3, 0.4) is 0 Å². The molecule has 4 aromatic rings. The number of benzene rings is 3. The molecule has 150 heavy (non-hydrogen) atoms. The Kier molecular flexibility index (Phi) is 55.8. The monoisotopic (exact) mass is 2090 g/mol. The van der Waals surface area contributed by atoms with Gasteiger partial charge in [0.1, 0.15) is 41.5 Å². The number of carboxylic acid groups (broad SMARTS) is 1. The number of primary amides is 2. The lowest BCUT2D eigenvalue weighted by molar-refractivity contribution is -0.144. The normalized spacial score (nSPS) is 21.1. The molecular formula is C107H158N20O23. The highest BCUT2D eigenvalue weighted by molar-refractivity contribution is 6.43. The van der Waals surface area contributed by atoms with E-state index in [4.69, 9.17) is 11.5 Å². The van der Waals surface area contributed by atoms with Crippen molar-refractivity contribution in [1.29, 1.82) is 0 Å². The molecule has 1 aliphatic rings. The first-order valence-electron chi connectivity index (χ1n) is 51.4. The van der Waals surface area contributed by atoms with Crippen LogP contribution in [0.25, 0.3) is 10.9 Å². The van der Waals surface area contributed by atoms with Crippen molar-refractivity contribution >= 4 is 128 Å². The van der Waals surface area contributed by atoms with Gasteiger partial charge < -0.3 is 79.6 Å². The van der Waals surface area contributed by atoms with Crippen molar-refractivity contribution in [2.45, 2.75) is 353 Å². The number of carbonyl (C=O) groups excluding carboxylic acids is 19. The van der Waals surface area contributed by atoms with Gasteiger partial charge in [0, 0.05) is 115 Å². The van der Waals surface area contributed by atoms with E-state index in [0.717, 1.165) is 6.92 Å². The molecule has 1 aliphatic heterocycles. The fourth-order valence-corrected chi connectivity index (χ4v) is 16.3. The number of para-hydroxylation sites is 1. The number of H-pyrrole nitrogens is 1. The lowest BCUT2D eigenvalue weighted by Crippen LogP contribution is -2.65. The van der Waals surface area contributed by atoms with Gasteiger partial charge in [-0.15, -0.1) is 0 Å². The standard InChI is InChI=1S/C107H158N20O23/c1-62(2)52-83(119-72(13)129)103(148)122-96(71(12)128)99(144)97(142)82(54-73-30-24-23-25-31-73)126-127-107(15)48-29-22-20-18-16-17-19-21-28-47-106(14,93(138)59-113-67(8)90(135)46-51-112-66(7)89(134)45-50-111-65(6)88(133)44-49-110-64(5)86(131)40-41-87(132)68(9)115-60-117-70(11)101(109)146)123-105(150)84(53-63(3)4)121-102(147)80(38-42-94(108)139)118-61-116-69(10)91(136)57-92(137)81(56-75-58-114-78-33-27-26-32-77(75)78)124-125-85(55-74-34-36-76(130)37-35-74)104(149)120-79(39-43-95(140)141)98(143)100(107)145/h23-27,30-37,58,62-71,79-85,96,110-118,124-128,130H,20-22,28-29,38-57,59-61H2,1-15H3,(H2,108,139)(H2,109,146)(H,119,129)(H,120,149)(H,121,147)(H,122,148)(H,123,150)(H,140,141)/t64-,65-,66-,67-,68-,69-,70+,71+,79-,80-,81-,82-,83-,84-,85-,96-,106-,107+/m0/s1. The average Bonchev–Trinajstić information content (AvgIpc) is 1.11. The third-order valence-electron chi connectivity index (χ3n) is 26.1. The van der Waals surface area contributed by atoms with Crippen LogP contribution in [0, 0.1) is 35.5 Å². The second kappa shape index (κ2) is 65.5. The number of Topliss-reactive ketones (excluding diaryl/α,β-unsaturated/α-hetero) is 12. The van der Waals surface area contributed by atoms with Crippen molar-refractivity contribution in [1.82, 2.24) is 95.8 Å². The number of carboxylic acids is 1. The summed E-state index contributed by atoms with van der Waals surface area (Å²) in [4.78, 5) is 281. The molecule has 0 bridgehead atoms. The molecule has 43 nitrogen and oxygen atoms in total. The number of hydrogen-bond acceptors (Lipinski definition) is 34. The van der Waals surface area contributed by atoms with Crippen molar-refractivity contribution in [2.24, 2.45) is 23.3 Å². The number of phenolic OH excluding ortho intramolecular Hbond substituents is 1. The Balaban J connectivity index is 1.47. The van der Waals surface area contributed by atoms with E-state index in [1.54, 1.807) is 130 Å². The fraction of sp³-hybridized carbons (Fsp3) is 0.589. The second-order valence-corrected chi connectivity index (χ2v) is 39.9. The van der Waals surface area contributed by atoms with Gasteiger partial charge in [0.05, 0.1) is 96.6 Å². The minimum Gasteiger partial charge on any atom is -0.508 e. The van der Waals surface area contributed by atoms with Crippen molar-refractivity contribution in [2.75, 3.05) is 39.5 Å². The van der Waals surface area contributed by atoms with Crippen LogP contribution in [-0.4, -0.2) is 284 Å². The predicted molar refractivity (Wildman–Crippen MR) is 561 cm³/mol. The maximum Gasteiger partial charge on any atom is 0.303 e. The Labute approximate surface area is 877 Å². The smallest absolute Gasteiger partial charge is 0.303 e. The molecule has 2 heterocycles. The van der Waals surface area contributed by atoms with Gasteiger partial charge in [-0.2, -0.15) is 0 Å². The number of amides is 7. The van der Waals surface area contributed by atoms with Crippen molar-refractivity contribution in [3.63, 3.8) is 0 Å². The minimum absolute atomic E-state index is 0.00852. The van der Waals surface area contributed by atoms with Crippen LogP contribution in [0.2, 0.25) is 0 Å². The zero-order valence-electron chi connectivity index (χ0n) is 88.9. The summed E-state index contributed by atoms with van der Waals surface area (Å²) in [5.74, 6) is -4.14. The summed E-state index contributed by atoms with van der Waals surface area (Å²) in [6, 6.07) is 3.53. The first-order chi connectivity index (χ1) is 70.8. The summed E-state index contributed by atoms with van der Waals surface area (Å²) in [5, 5.41) is 69.6. The van der Waals surface area contributed by atoms with E-state index in [1.807, 2.05) is 0 Å². The quantitative estimate of drug-likeness (QED) is 0.00942. The molecule has 0 spiro atoms. The van der Waals surface area contributed by atoms with Gasteiger partial charge in [0.2, 0.25) is 64.5 Å². The van der Waals surface area contributed by atoms with Crippen LogP contribution in [-0.2, 0) is 115 Å². The number of aromatic nitrogens is 1. The maximum absolute atomic E-state index is 15.6. The number of rotatable bonds is 55. The molecule has 18 atom stereocenters. The third kappa shape index (κ3) is 45.7. The Morgan fingerprint density at radius 3 is 1.63 bits per heavy atom. The number of hydrazine groups is 2. The van der Waals surface area contributed by atoms with Crippen molar-refractivity contribution in [3.05, 3.63) is 102 Å². The average molecular weight is 2090 g/mol. The highest BCUT2D eigenvalue weighted by atomic mass is 16.4. The molecule has 0 aliphatic carbocycles. The molecule has 7 amide bonds. The van der Waals surface area contributed by atoms with E-state index in [9.17, 15) is 92.0 Å². The van der Waals surface area contributed by atoms with Crippen LogP contribution in [0.1, 0.15) is 243 Å². The Morgan fingerprint density at radius 1 is 0.527 bits per heavy atom. The van der Waals surface area contributed by atoms with Gasteiger partial charge in [-0.25, -0.2) is 21.7 Å². The molecular weight excluding hydrogens is 1930 g/mol. The molecule has 0 radical (unpaired) electrons. The van der Waals surface area contributed by atoms with E-state index in [1.165, 1.54) is 52.0 Å². The van der Waals surface area contributed by atoms with Crippen LogP contribution in [0.4, 0.5) is 0 Å². The molecule has 0 saturated carbocycles. The molecule has 824 valence electrons. The van der Waals surface area contributed by atoms with Crippen LogP contribution in [0.15, 0.2) is 85.1 Å². The Morgan fingerprint density at radius 2 is 1.07 bits per heavy atom. The number of aromatic hydroxyl groups is 1. The van der Waals surface area contributed by atoms with Crippen LogP contribution in [0.5, 0.6) is 5.75 Å². The van der Waals surface area contributed by atoms with Gasteiger partial charge in [-0.1, -0.05) is 107 Å². The fourth-order valence-electron chi connectivity index (χ4n) is 16.3. The summed E-state index contributed by atoms with van der Waals surface area (Å²) in [6.45, 7) is 23.2. The largest absolute Gasteiger partial charge is 0.508 e. The highest BCUT2D eigenvalue weighted by Gasteiger charge is 2.45. The van der Waals surface area contributed by atoms with E-state index in [0.29, 0.717) is 27.6 Å². The van der Waals surface area contributed by atoms with E-state index >= 15 is 19.2 Å². The van der Waals surface area contributed by atoms with E-state index < -0.39 is 221 Å².